The van der Waals surface area contributed by atoms with Crippen molar-refractivity contribution in [2.24, 2.45) is 0 Å². The van der Waals surface area contributed by atoms with Crippen LogP contribution in [0.25, 0.3) is 0 Å². The Morgan fingerprint density at radius 1 is 0.966 bits per heavy atom. The number of anilines is 1. The number of nitro groups is 1. The van der Waals surface area contributed by atoms with Gasteiger partial charge in [0.2, 0.25) is 0 Å². The van der Waals surface area contributed by atoms with E-state index in [1.54, 1.807) is 61.5 Å². The Hall–Kier alpha value is -4.00. The number of Topliss-reactive ketones (excluding diaryl/α,β-unsaturated/α-hetero) is 1. The number of amides is 1. The number of hydrogen-bond acceptors (Lipinski definition) is 5. The van der Waals surface area contributed by atoms with Crippen LogP contribution >= 0.6 is 0 Å². The van der Waals surface area contributed by atoms with E-state index in [1.165, 1.54) is 12.1 Å². The lowest BCUT2D eigenvalue weighted by Gasteiger charge is -2.08. The van der Waals surface area contributed by atoms with Crippen molar-refractivity contribution in [1.29, 1.82) is 0 Å². The summed E-state index contributed by atoms with van der Waals surface area (Å²) in [4.78, 5) is 35.1. The molecule has 0 saturated heterocycles. The third kappa shape index (κ3) is 5.04. The zero-order chi connectivity index (χ0) is 20.8. The van der Waals surface area contributed by atoms with Gasteiger partial charge in [-0.25, -0.2) is 0 Å². The molecule has 0 aromatic heterocycles. The summed E-state index contributed by atoms with van der Waals surface area (Å²) < 4.78 is 5.36. The molecular formula is C22H18N2O5. The summed E-state index contributed by atoms with van der Waals surface area (Å²) in [6, 6.07) is 19.7. The van der Waals surface area contributed by atoms with Crippen LogP contribution < -0.4 is 10.1 Å². The number of nitrogens with one attached hydrogen (secondary N) is 1. The molecule has 0 aliphatic heterocycles. The fourth-order valence-electron chi connectivity index (χ4n) is 2.65. The smallest absolute Gasteiger partial charge is 0.311 e. The third-order valence-corrected chi connectivity index (χ3v) is 4.17. The molecule has 3 aromatic rings. The van der Waals surface area contributed by atoms with Crippen LogP contribution in [0.1, 0.15) is 26.3 Å². The van der Waals surface area contributed by atoms with E-state index in [9.17, 15) is 19.7 Å². The average Bonchev–Trinajstić information content (AvgIpc) is 2.73. The van der Waals surface area contributed by atoms with Gasteiger partial charge in [0.15, 0.2) is 18.1 Å². The minimum atomic E-state index is -0.545. The molecule has 7 nitrogen and oxygen atoms in total. The number of nitro benzene ring substituents is 1. The fraction of sp³-hybridized carbons (Fsp3) is 0.0909. The largest absolute Gasteiger partial charge is 0.478 e. The highest BCUT2D eigenvalue weighted by molar-refractivity contribution is 6.04. The summed E-state index contributed by atoms with van der Waals surface area (Å²) in [6.45, 7) is 1.40. The molecule has 0 aliphatic carbocycles. The number of benzene rings is 3. The van der Waals surface area contributed by atoms with Crippen LogP contribution in [0.5, 0.6) is 5.75 Å². The summed E-state index contributed by atoms with van der Waals surface area (Å²) in [6.07, 6.45) is 0. The summed E-state index contributed by atoms with van der Waals surface area (Å²) in [5.74, 6) is -0.541. The van der Waals surface area contributed by atoms with Gasteiger partial charge in [-0.05, 0) is 55.0 Å². The van der Waals surface area contributed by atoms with Crippen LogP contribution in [0.4, 0.5) is 11.4 Å². The molecule has 0 fully saturated rings. The first-order valence-corrected chi connectivity index (χ1v) is 8.81. The van der Waals surface area contributed by atoms with E-state index in [0.29, 0.717) is 16.8 Å². The molecule has 0 bridgehead atoms. The minimum absolute atomic E-state index is 0.0423. The molecule has 3 aromatic carbocycles. The number of hydrogen-bond donors (Lipinski definition) is 1. The Balaban J connectivity index is 1.62. The van der Waals surface area contributed by atoms with Crippen molar-refractivity contribution in [2.45, 2.75) is 6.92 Å². The summed E-state index contributed by atoms with van der Waals surface area (Å²) >= 11 is 0. The monoisotopic (exact) mass is 390 g/mol. The quantitative estimate of drug-likeness (QED) is 0.366. The first-order valence-electron chi connectivity index (χ1n) is 8.81. The molecule has 0 atom stereocenters. The van der Waals surface area contributed by atoms with Gasteiger partial charge in [0, 0.05) is 22.9 Å². The highest BCUT2D eigenvalue weighted by Crippen LogP contribution is 2.27. The van der Waals surface area contributed by atoms with Crippen LogP contribution in [-0.4, -0.2) is 23.2 Å². The average molecular weight is 390 g/mol. The molecule has 146 valence electrons. The molecule has 3 rings (SSSR count). The van der Waals surface area contributed by atoms with Crippen LogP contribution in [0, 0.1) is 17.0 Å². The molecule has 0 radical (unpaired) electrons. The van der Waals surface area contributed by atoms with Crippen LogP contribution in [-0.2, 0) is 0 Å². The second-order valence-corrected chi connectivity index (χ2v) is 6.34. The Morgan fingerprint density at radius 3 is 2.31 bits per heavy atom. The van der Waals surface area contributed by atoms with Gasteiger partial charge in [-0.2, -0.15) is 0 Å². The van der Waals surface area contributed by atoms with Crippen molar-refractivity contribution in [3.8, 4) is 5.75 Å². The molecule has 0 unspecified atom stereocenters. The lowest BCUT2D eigenvalue weighted by molar-refractivity contribution is -0.385. The Morgan fingerprint density at radius 2 is 1.66 bits per heavy atom. The SMILES string of the molecule is Cc1ccc(OCC(=O)c2ccc(NC(=O)c3ccccc3)cc2)c([N+](=O)[O-])c1. The summed E-state index contributed by atoms with van der Waals surface area (Å²) in [5, 5.41) is 13.9. The lowest BCUT2D eigenvalue weighted by atomic mass is 10.1. The molecule has 1 amide bonds. The van der Waals surface area contributed by atoms with Gasteiger partial charge >= 0.3 is 5.69 Å². The van der Waals surface area contributed by atoms with Gasteiger partial charge < -0.3 is 10.1 Å². The first-order chi connectivity index (χ1) is 13.9. The van der Waals surface area contributed by atoms with E-state index in [-0.39, 0.29) is 29.7 Å². The van der Waals surface area contributed by atoms with E-state index >= 15 is 0 Å². The minimum Gasteiger partial charge on any atom is -0.478 e. The Labute approximate surface area is 167 Å². The van der Waals surface area contributed by atoms with Crippen LogP contribution in [0.3, 0.4) is 0 Å². The molecule has 0 saturated carbocycles. The van der Waals surface area contributed by atoms with Crippen molar-refractivity contribution in [3.63, 3.8) is 0 Å². The van der Waals surface area contributed by atoms with Crippen molar-refractivity contribution >= 4 is 23.1 Å². The van der Waals surface area contributed by atoms with Crippen molar-refractivity contribution in [2.75, 3.05) is 11.9 Å². The second kappa shape index (κ2) is 8.79. The predicted octanol–water partition coefficient (Wildman–Crippen LogP) is 4.42. The molecule has 0 heterocycles. The van der Waals surface area contributed by atoms with Gasteiger partial charge in [-0.3, -0.25) is 19.7 Å². The fourth-order valence-corrected chi connectivity index (χ4v) is 2.65. The van der Waals surface area contributed by atoms with Crippen LogP contribution in [0.15, 0.2) is 72.8 Å². The Bertz CT molecular complexity index is 1050. The van der Waals surface area contributed by atoms with Gasteiger partial charge in [0.25, 0.3) is 5.91 Å². The standard InChI is InChI=1S/C22H18N2O5/c1-15-7-12-21(19(13-15)24(27)28)29-14-20(25)16-8-10-18(11-9-16)23-22(26)17-5-3-2-4-6-17/h2-13H,14H2,1H3,(H,23,26). The number of rotatable bonds is 7. The van der Waals surface area contributed by atoms with E-state index in [1.807, 2.05) is 6.07 Å². The maximum absolute atomic E-state index is 12.3. The number of ether oxygens (including phenoxy) is 1. The summed E-state index contributed by atoms with van der Waals surface area (Å²) in [5.41, 5.74) is 1.99. The Kier molecular flexibility index (Phi) is 5.99. The third-order valence-electron chi connectivity index (χ3n) is 4.17. The zero-order valence-corrected chi connectivity index (χ0v) is 15.6. The van der Waals surface area contributed by atoms with Crippen molar-refractivity contribution < 1.29 is 19.2 Å². The molecule has 1 N–H and O–H groups in total. The molecule has 0 aliphatic rings. The van der Waals surface area contributed by atoms with E-state index in [4.69, 9.17) is 4.74 Å². The lowest BCUT2D eigenvalue weighted by Crippen LogP contribution is -2.13. The van der Waals surface area contributed by atoms with Crippen molar-refractivity contribution in [3.05, 3.63) is 99.6 Å². The topological polar surface area (TPSA) is 98.5 Å². The van der Waals surface area contributed by atoms with Gasteiger partial charge in [-0.15, -0.1) is 0 Å². The van der Waals surface area contributed by atoms with Crippen molar-refractivity contribution in [1.82, 2.24) is 0 Å². The first kappa shape index (κ1) is 19.8. The maximum atomic E-state index is 12.3. The number of carbonyl (C=O) groups excluding carboxylic acids is 2. The second-order valence-electron chi connectivity index (χ2n) is 6.34. The maximum Gasteiger partial charge on any atom is 0.311 e. The van der Waals surface area contributed by atoms with E-state index in [2.05, 4.69) is 5.32 Å². The van der Waals surface area contributed by atoms with Crippen LogP contribution in [0.2, 0.25) is 0 Å². The number of aryl methyl sites for hydroxylation is 1. The van der Waals surface area contributed by atoms with Gasteiger partial charge in [0.1, 0.15) is 0 Å². The summed E-state index contributed by atoms with van der Waals surface area (Å²) in [7, 11) is 0. The molecule has 29 heavy (non-hydrogen) atoms. The van der Waals surface area contributed by atoms with Gasteiger partial charge in [-0.1, -0.05) is 24.3 Å². The van der Waals surface area contributed by atoms with Gasteiger partial charge in [0.05, 0.1) is 4.92 Å². The number of carbonyl (C=O) groups is 2. The number of nitrogens with zero attached hydrogens (tertiary/aromatic N) is 1. The highest BCUT2D eigenvalue weighted by atomic mass is 16.6. The van der Waals surface area contributed by atoms with E-state index < -0.39 is 4.92 Å². The predicted molar refractivity (Wildman–Crippen MR) is 108 cm³/mol. The molecular weight excluding hydrogens is 372 g/mol. The molecule has 0 spiro atoms. The zero-order valence-electron chi connectivity index (χ0n) is 15.6. The van der Waals surface area contributed by atoms with E-state index in [0.717, 1.165) is 5.56 Å². The normalized spacial score (nSPS) is 10.2. The number of ketones is 1. The highest BCUT2D eigenvalue weighted by Gasteiger charge is 2.17. The molecule has 7 heteroatoms.